The number of likely N-dealkylation sites (tertiary alicyclic amines) is 1. The Balaban J connectivity index is 1.92. The summed E-state index contributed by atoms with van der Waals surface area (Å²) in [4.78, 5) is 6.70. The monoisotopic (exact) mass is 209 g/mol. The predicted molar refractivity (Wildman–Crippen MR) is 58.3 cm³/mol. The molecule has 1 N–H and O–H groups in total. The van der Waals surface area contributed by atoms with Crippen molar-refractivity contribution in [3.8, 4) is 0 Å². The molecule has 0 aliphatic carbocycles. The van der Waals surface area contributed by atoms with Crippen LogP contribution in [0.2, 0.25) is 0 Å². The fourth-order valence-corrected chi connectivity index (χ4v) is 2.19. The van der Waals surface area contributed by atoms with Gasteiger partial charge in [-0.1, -0.05) is 0 Å². The minimum atomic E-state index is 0.317. The van der Waals surface area contributed by atoms with Crippen LogP contribution in [-0.4, -0.2) is 39.3 Å². The smallest absolute Gasteiger partial charge is 0.122 e. The van der Waals surface area contributed by atoms with Crippen LogP contribution < -0.4 is 0 Å². The summed E-state index contributed by atoms with van der Waals surface area (Å²) in [6.07, 6.45) is 6.16. The molecule has 0 bridgehead atoms. The Hall–Kier alpha value is -0.870. The van der Waals surface area contributed by atoms with E-state index in [0.717, 1.165) is 31.9 Å². The van der Waals surface area contributed by atoms with Crippen LogP contribution in [0, 0.1) is 5.92 Å². The van der Waals surface area contributed by atoms with Crippen molar-refractivity contribution in [1.82, 2.24) is 14.5 Å². The number of rotatable bonds is 3. The summed E-state index contributed by atoms with van der Waals surface area (Å²) in [5.41, 5.74) is 0. The minimum absolute atomic E-state index is 0.317. The van der Waals surface area contributed by atoms with Gasteiger partial charge in [0, 0.05) is 32.6 Å². The molecule has 1 atom stereocenters. The molecule has 4 nitrogen and oxygen atoms in total. The number of imidazole rings is 1. The highest BCUT2D eigenvalue weighted by atomic mass is 16.3. The van der Waals surface area contributed by atoms with E-state index in [-0.39, 0.29) is 0 Å². The lowest BCUT2D eigenvalue weighted by Gasteiger charge is -2.31. The van der Waals surface area contributed by atoms with E-state index >= 15 is 0 Å². The average Bonchev–Trinajstić information content (AvgIpc) is 2.65. The summed E-state index contributed by atoms with van der Waals surface area (Å²) in [5.74, 6) is 1.56. The van der Waals surface area contributed by atoms with Crippen molar-refractivity contribution in [1.29, 1.82) is 0 Å². The van der Waals surface area contributed by atoms with Crippen LogP contribution in [-0.2, 0) is 13.6 Å². The second-order valence-electron chi connectivity index (χ2n) is 4.38. The fourth-order valence-electron chi connectivity index (χ4n) is 2.19. The van der Waals surface area contributed by atoms with Crippen LogP contribution in [0.25, 0.3) is 0 Å². The van der Waals surface area contributed by atoms with Crippen molar-refractivity contribution in [2.24, 2.45) is 13.0 Å². The lowest BCUT2D eigenvalue weighted by molar-refractivity contribution is 0.113. The Morgan fingerprint density at radius 3 is 3.13 bits per heavy atom. The van der Waals surface area contributed by atoms with E-state index < -0.39 is 0 Å². The number of aliphatic hydroxyl groups excluding tert-OH is 1. The van der Waals surface area contributed by atoms with Gasteiger partial charge in [-0.3, -0.25) is 4.90 Å². The summed E-state index contributed by atoms with van der Waals surface area (Å²) in [5, 5.41) is 9.14. The highest BCUT2D eigenvalue weighted by Crippen LogP contribution is 2.17. The molecule has 4 heteroatoms. The first kappa shape index (κ1) is 10.6. The van der Waals surface area contributed by atoms with Gasteiger partial charge in [0.2, 0.25) is 0 Å². The third-order valence-corrected chi connectivity index (χ3v) is 3.15. The first-order valence-electron chi connectivity index (χ1n) is 5.59. The molecule has 1 unspecified atom stereocenters. The molecule has 2 heterocycles. The molecule has 1 aromatic rings. The molecule has 15 heavy (non-hydrogen) atoms. The fraction of sp³-hybridized carbons (Fsp3) is 0.727. The predicted octanol–water partition coefficient (Wildman–Crippen LogP) is 0.624. The summed E-state index contributed by atoms with van der Waals surface area (Å²) < 4.78 is 2.06. The van der Waals surface area contributed by atoms with Crippen LogP contribution in [0.4, 0.5) is 0 Å². The summed E-state index contributed by atoms with van der Waals surface area (Å²) in [6.45, 7) is 3.35. The quantitative estimate of drug-likeness (QED) is 0.793. The number of aliphatic hydroxyl groups is 1. The highest BCUT2D eigenvalue weighted by molar-refractivity contribution is 4.91. The Morgan fingerprint density at radius 2 is 2.47 bits per heavy atom. The molecule has 1 aliphatic heterocycles. The summed E-state index contributed by atoms with van der Waals surface area (Å²) in [6, 6.07) is 0. The molecular weight excluding hydrogens is 190 g/mol. The van der Waals surface area contributed by atoms with Gasteiger partial charge < -0.3 is 9.67 Å². The van der Waals surface area contributed by atoms with E-state index in [4.69, 9.17) is 5.11 Å². The molecule has 0 radical (unpaired) electrons. The number of hydrogen-bond acceptors (Lipinski definition) is 3. The molecule has 1 aromatic heterocycles. The van der Waals surface area contributed by atoms with Crippen molar-refractivity contribution in [3.63, 3.8) is 0 Å². The largest absolute Gasteiger partial charge is 0.396 e. The van der Waals surface area contributed by atoms with Crippen molar-refractivity contribution in [2.75, 3.05) is 19.7 Å². The number of aryl methyl sites for hydroxylation is 1. The van der Waals surface area contributed by atoms with Gasteiger partial charge in [0.05, 0.1) is 6.54 Å². The molecule has 1 fully saturated rings. The second-order valence-corrected chi connectivity index (χ2v) is 4.38. The molecule has 1 aliphatic rings. The number of hydrogen-bond donors (Lipinski definition) is 1. The van der Waals surface area contributed by atoms with Gasteiger partial charge in [-0.25, -0.2) is 4.98 Å². The zero-order chi connectivity index (χ0) is 10.7. The van der Waals surface area contributed by atoms with Crippen LogP contribution in [0.5, 0.6) is 0 Å². The van der Waals surface area contributed by atoms with Crippen LogP contribution >= 0.6 is 0 Å². The molecule has 0 spiro atoms. The van der Waals surface area contributed by atoms with Gasteiger partial charge in [0.25, 0.3) is 0 Å². The Kier molecular flexibility index (Phi) is 3.38. The maximum Gasteiger partial charge on any atom is 0.122 e. The Bertz CT molecular complexity index is 311. The van der Waals surface area contributed by atoms with Gasteiger partial charge in [0.15, 0.2) is 0 Å². The van der Waals surface area contributed by atoms with Crippen LogP contribution in [0.1, 0.15) is 18.7 Å². The van der Waals surface area contributed by atoms with E-state index in [9.17, 15) is 0 Å². The lowest BCUT2D eigenvalue weighted by atomic mass is 9.99. The zero-order valence-electron chi connectivity index (χ0n) is 9.26. The van der Waals surface area contributed by atoms with E-state index in [0.29, 0.717) is 12.5 Å². The molecular formula is C11H19N3O. The minimum Gasteiger partial charge on any atom is -0.396 e. The molecule has 84 valence electrons. The molecule has 0 saturated carbocycles. The van der Waals surface area contributed by atoms with Crippen LogP contribution in [0.15, 0.2) is 12.4 Å². The number of piperidine rings is 1. The number of nitrogens with zero attached hydrogens (tertiary/aromatic N) is 3. The Morgan fingerprint density at radius 1 is 1.60 bits per heavy atom. The van der Waals surface area contributed by atoms with E-state index in [1.54, 1.807) is 0 Å². The van der Waals surface area contributed by atoms with Gasteiger partial charge in [0.1, 0.15) is 5.82 Å². The average molecular weight is 209 g/mol. The Labute approximate surface area is 90.5 Å². The molecule has 1 saturated heterocycles. The molecule has 2 rings (SSSR count). The van der Waals surface area contributed by atoms with E-state index in [1.165, 1.54) is 6.42 Å². The second kappa shape index (κ2) is 4.77. The normalized spacial score (nSPS) is 23.2. The third kappa shape index (κ3) is 2.58. The summed E-state index contributed by atoms with van der Waals surface area (Å²) in [7, 11) is 2.02. The first-order chi connectivity index (χ1) is 7.29. The van der Waals surface area contributed by atoms with E-state index in [2.05, 4.69) is 14.5 Å². The molecule has 0 amide bonds. The van der Waals surface area contributed by atoms with Crippen molar-refractivity contribution in [2.45, 2.75) is 19.4 Å². The standard InChI is InChI=1S/C11H19N3O/c1-13-6-4-12-11(13)8-14-5-2-3-10(7-14)9-15/h4,6,10,15H,2-3,5,7-9H2,1H3. The van der Waals surface area contributed by atoms with Crippen molar-refractivity contribution >= 4 is 0 Å². The third-order valence-electron chi connectivity index (χ3n) is 3.15. The van der Waals surface area contributed by atoms with Crippen molar-refractivity contribution in [3.05, 3.63) is 18.2 Å². The first-order valence-corrected chi connectivity index (χ1v) is 5.59. The lowest BCUT2D eigenvalue weighted by Crippen LogP contribution is -2.36. The zero-order valence-corrected chi connectivity index (χ0v) is 9.26. The number of aromatic nitrogens is 2. The maximum atomic E-state index is 9.14. The topological polar surface area (TPSA) is 41.3 Å². The highest BCUT2D eigenvalue weighted by Gasteiger charge is 2.19. The van der Waals surface area contributed by atoms with Gasteiger partial charge in [-0.2, -0.15) is 0 Å². The van der Waals surface area contributed by atoms with Gasteiger partial charge >= 0.3 is 0 Å². The SMILES string of the molecule is Cn1ccnc1CN1CCCC(CO)C1. The van der Waals surface area contributed by atoms with Crippen molar-refractivity contribution < 1.29 is 5.11 Å². The van der Waals surface area contributed by atoms with E-state index in [1.807, 2.05) is 19.4 Å². The van der Waals surface area contributed by atoms with Crippen LogP contribution in [0.3, 0.4) is 0 Å². The summed E-state index contributed by atoms with van der Waals surface area (Å²) >= 11 is 0. The van der Waals surface area contributed by atoms with Gasteiger partial charge in [-0.05, 0) is 25.3 Å². The van der Waals surface area contributed by atoms with Gasteiger partial charge in [-0.15, -0.1) is 0 Å². The molecule has 0 aromatic carbocycles. The maximum absolute atomic E-state index is 9.14.